The number of benzene rings is 1. The second kappa shape index (κ2) is 6.99. The number of piperidine rings is 1. The van der Waals surface area contributed by atoms with Crippen molar-refractivity contribution in [3.63, 3.8) is 0 Å². The van der Waals surface area contributed by atoms with Crippen LogP contribution in [0.3, 0.4) is 0 Å². The van der Waals surface area contributed by atoms with Crippen LogP contribution in [0.1, 0.15) is 44.1 Å². The topological polar surface area (TPSA) is 20.3 Å². The van der Waals surface area contributed by atoms with Gasteiger partial charge in [0.1, 0.15) is 0 Å². The third-order valence-corrected chi connectivity index (χ3v) is 5.18. The summed E-state index contributed by atoms with van der Waals surface area (Å²) in [6, 6.07) is 7.67. The third-order valence-electron chi connectivity index (χ3n) is 5.18. The lowest BCUT2D eigenvalue weighted by molar-refractivity contribution is -0.132. The van der Waals surface area contributed by atoms with Gasteiger partial charge < -0.3 is 4.90 Å². The highest BCUT2D eigenvalue weighted by Gasteiger charge is 2.38. The number of likely N-dealkylation sites (tertiary alicyclic amines) is 1. The number of carbonyl (C=O) groups excluding carboxylic acids is 1. The lowest BCUT2D eigenvalue weighted by atomic mass is 9.78. The van der Waals surface area contributed by atoms with Gasteiger partial charge in [0, 0.05) is 18.7 Å². The molecule has 3 rings (SSSR count). The number of halogens is 3. The molecular weight excluding hydrogens is 315 g/mol. The number of nitrogens with zero attached hydrogens (tertiary/aromatic N) is 1. The molecule has 1 amide bonds. The van der Waals surface area contributed by atoms with Crippen molar-refractivity contribution in [2.75, 3.05) is 6.54 Å². The van der Waals surface area contributed by atoms with Crippen molar-refractivity contribution < 1.29 is 18.0 Å². The predicted octanol–water partition coefficient (Wildman–Crippen LogP) is 4.81. The Hall–Kier alpha value is -1.78. The molecule has 1 aromatic carbocycles. The smallest absolute Gasteiger partial charge is 0.336 e. The molecule has 1 aromatic rings. The molecule has 0 radical (unpaired) electrons. The van der Waals surface area contributed by atoms with Crippen LogP contribution in [0, 0.1) is 5.92 Å². The van der Waals surface area contributed by atoms with Gasteiger partial charge >= 0.3 is 6.18 Å². The molecule has 2 aliphatic rings. The average molecular weight is 337 g/mol. The summed E-state index contributed by atoms with van der Waals surface area (Å²) in [4.78, 5) is 14.3. The summed E-state index contributed by atoms with van der Waals surface area (Å²) in [6.07, 6.45) is 2.44. The minimum atomic E-state index is -4.54. The SMILES string of the molecule is O=C(/C=C(/c1ccccc1)C(F)(F)F)N1CCCC2CCCCC21. The average Bonchev–Trinajstić information content (AvgIpc) is 2.58. The number of hydrogen-bond acceptors (Lipinski definition) is 1. The summed E-state index contributed by atoms with van der Waals surface area (Å²) in [5.74, 6) is -0.0429. The van der Waals surface area contributed by atoms with Crippen LogP contribution in [0.25, 0.3) is 5.57 Å². The summed E-state index contributed by atoms with van der Waals surface area (Å²) in [7, 11) is 0. The van der Waals surface area contributed by atoms with Gasteiger partial charge in [-0.3, -0.25) is 4.79 Å². The van der Waals surface area contributed by atoms with E-state index in [0.717, 1.165) is 44.6 Å². The van der Waals surface area contributed by atoms with E-state index in [4.69, 9.17) is 0 Å². The van der Waals surface area contributed by atoms with Crippen molar-refractivity contribution in [1.82, 2.24) is 4.90 Å². The van der Waals surface area contributed by atoms with Crippen LogP contribution in [-0.2, 0) is 4.79 Å². The van der Waals surface area contributed by atoms with Crippen LogP contribution in [0.5, 0.6) is 0 Å². The summed E-state index contributed by atoms with van der Waals surface area (Å²) < 4.78 is 40.3. The van der Waals surface area contributed by atoms with Crippen LogP contribution in [-0.4, -0.2) is 29.6 Å². The number of fused-ring (bicyclic) bond motifs is 1. The number of alkyl halides is 3. The largest absolute Gasteiger partial charge is 0.417 e. The minimum absolute atomic E-state index is 0.0375. The molecule has 24 heavy (non-hydrogen) atoms. The summed E-state index contributed by atoms with van der Waals surface area (Å²) >= 11 is 0. The zero-order valence-electron chi connectivity index (χ0n) is 13.6. The molecule has 1 aliphatic carbocycles. The lowest BCUT2D eigenvalue weighted by Gasteiger charge is -2.43. The van der Waals surface area contributed by atoms with Crippen LogP contribution in [0.4, 0.5) is 13.2 Å². The Morgan fingerprint density at radius 1 is 1.04 bits per heavy atom. The quantitative estimate of drug-likeness (QED) is 0.709. The van der Waals surface area contributed by atoms with Crippen molar-refractivity contribution in [3.8, 4) is 0 Å². The van der Waals surface area contributed by atoms with Crippen molar-refractivity contribution in [3.05, 3.63) is 42.0 Å². The second-order valence-electron chi connectivity index (χ2n) is 6.71. The molecule has 2 unspecified atom stereocenters. The molecule has 0 spiro atoms. The Balaban J connectivity index is 1.87. The van der Waals surface area contributed by atoms with E-state index in [-0.39, 0.29) is 11.6 Å². The monoisotopic (exact) mass is 337 g/mol. The molecule has 2 nitrogen and oxygen atoms in total. The highest BCUT2D eigenvalue weighted by molar-refractivity contribution is 5.96. The first-order chi connectivity index (χ1) is 11.5. The number of amides is 1. The first-order valence-electron chi connectivity index (χ1n) is 8.62. The van der Waals surface area contributed by atoms with Crippen LogP contribution in [0.15, 0.2) is 36.4 Å². The molecule has 1 saturated heterocycles. The van der Waals surface area contributed by atoms with Gasteiger partial charge in [0.2, 0.25) is 5.91 Å². The van der Waals surface area contributed by atoms with Crippen LogP contribution in [0.2, 0.25) is 0 Å². The second-order valence-corrected chi connectivity index (χ2v) is 6.71. The fourth-order valence-corrected chi connectivity index (χ4v) is 4.05. The van der Waals surface area contributed by atoms with E-state index in [1.165, 1.54) is 12.1 Å². The van der Waals surface area contributed by atoms with Gasteiger partial charge in [0.05, 0.1) is 5.57 Å². The van der Waals surface area contributed by atoms with E-state index >= 15 is 0 Å². The van der Waals surface area contributed by atoms with E-state index in [1.807, 2.05) is 0 Å². The third kappa shape index (κ3) is 3.65. The summed E-state index contributed by atoms with van der Waals surface area (Å²) in [5.41, 5.74) is -0.818. The summed E-state index contributed by atoms with van der Waals surface area (Å²) in [6.45, 7) is 0.566. The van der Waals surface area contributed by atoms with Crippen molar-refractivity contribution in [2.24, 2.45) is 5.92 Å². The van der Waals surface area contributed by atoms with Crippen LogP contribution >= 0.6 is 0 Å². The molecule has 1 heterocycles. The number of rotatable bonds is 2. The predicted molar refractivity (Wildman–Crippen MR) is 87.2 cm³/mol. The number of allylic oxidation sites excluding steroid dienone is 1. The normalized spacial score (nSPS) is 25.3. The molecule has 5 heteroatoms. The lowest BCUT2D eigenvalue weighted by Crippen LogP contribution is -2.49. The Morgan fingerprint density at radius 3 is 2.42 bits per heavy atom. The van der Waals surface area contributed by atoms with E-state index in [1.54, 1.807) is 23.1 Å². The Labute approximate surface area is 140 Å². The first kappa shape index (κ1) is 17.1. The molecule has 0 aromatic heterocycles. The number of hydrogen-bond donors (Lipinski definition) is 0. The highest BCUT2D eigenvalue weighted by atomic mass is 19.4. The van der Waals surface area contributed by atoms with Crippen LogP contribution < -0.4 is 0 Å². The van der Waals surface area contributed by atoms with E-state index in [9.17, 15) is 18.0 Å². The fourth-order valence-electron chi connectivity index (χ4n) is 4.05. The van der Waals surface area contributed by atoms with E-state index in [0.29, 0.717) is 12.5 Å². The molecule has 0 bridgehead atoms. The fraction of sp³-hybridized carbons (Fsp3) is 0.526. The molecular formula is C19H22F3NO. The molecule has 2 fully saturated rings. The van der Waals surface area contributed by atoms with E-state index in [2.05, 4.69) is 0 Å². The van der Waals surface area contributed by atoms with Crippen molar-refractivity contribution in [2.45, 2.75) is 50.7 Å². The number of carbonyl (C=O) groups is 1. The maximum absolute atomic E-state index is 13.4. The Bertz CT molecular complexity index is 607. The zero-order chi connectivity index (χ0) is 17.2. The standard InChI is InChI=1S/C19H22F3NO/c20-19(21,22)16(14-7-2-1-3-8-14)13-18(24)23-12-6-10-15-9-4-5-11-17(15)23/h1-3,7-8,13,15,17H,4-6,9-12H2/b16-13-. The Morgan fingerprint density at radius 2 is 1.71 bits per heavy atom. The maximum Gasteiger partial charge on any atom is 0.417 e. The van der Waals surface area contributed by atoms with Gasteiger partial charge in [-0.1, -0.05) is 43.2 Å². The molecule has 1 aliphatic heterocycles. The molecule has 0 N–H and O–H groups in total. The van der Waals surface area contributed by atoms with Gasteiger partial charge in [-0.05, 0) is 37.2 Å². The molecule has 1 saturated carbocycles. The van der Waals surface area contributed by atoms with Gasteiger partial charge in [-0.2, -0.15) is 13.2 Å². The van der Waals surface area contributed by atoms with Crippen molar-refractivity contribution in [1.29, 1.82) is 0 Å². The maximum atomic E-state index is 13.4. The van der Waals surface area contributed by atoms with Gasteiger partial charge in [-0.25, -0.2) is 0 Å². The van der Waals surface area contributed by atoms with Gasteiger partial charge in [-0.15, -0.1) is 0 Å². The molecule has 2 atom stereocenters. The van der Waals surface area contributed by atoms with Gasteiger partial charge in [0.15, 0.2) is 0 Å². The zero-order valence-corrected chi connectivity index (χ0v) is 13.6. The highest BCUT2D eigenvalue weighted by Crippen LogP contribution is 2.37. The van der Waals surface area contributed by atoms with E-state index < -0.39 is 17.7 Å². The summed E-state index contributed by atoms with van der Waals surface area (Å²) in [5, 5.41) is 0. The van der Waals surface area contributed by atoms with Gasteiger partial charge in [0.25, 0.3) is 0 Å². The first-order valence-corrected chi connectivity index (χ1v) is 8.62. The molecule has 130 valence electrons. The van der Waals surface area contributed by atoms with Crippen molar-refractivity contribution >= 4 is 11.5 Å². The Kier molecular flexibility index (Phi) is 4.97. The minimum Gasteiger partial charge on any atom is -0.336 e.